The molecule has 0 atom stereocenters. The molecule has 1 aliphatic heterocycles. The Hall–Kier alpha value is -0.0200. The van der Waals surface area contributed by atoms with Gasteiger partial charge in [-0.05, 0) is 37.2 Å². The molecule has 0 bridgehead atoms. The van der Waals surface area contributed by atoms with Crippen LogP contribution in [0.25, 0.3) is 0 Å². The molecule has 3 heteroatoms. The highest BCUT2D eigenvalue weighted by molar-refractivity contribution is 7.99. The Labute approximate surface area is 90.8 Å². The molecule has 0 aromatic rings. The summed E-state index contributed by atoms with van der Waals surface area (Å²) in [5.74, 6) is 3.52. The van der Waals surface area contributed by atoms with Gasteiger partial charge in [-0.3, -0.25) is 4.79 Å². The molecule has 0 saturated carbocycles. The van der Waals surface area contributed by atoms with Gasteiger partial charge in [0.25, 0.3) is 0 Å². The molecule has 0 radical (unpaired) electrons. The predicted octanol–water partition coefficient (Wildman–Crippen LogP) is 2.52. The van der Waals surface area contributed by atoms with Gasteiger partial charge in [0.1, 0.15) is 5.78 Å². The van der Waals surface area contributed by atoms with E-state index < -0.39 is 0 Å². The quantitative estimate of drug-likeness (QED) is 0.638. The zero-order chi connectivity index (χ0) is 10.2. The maximum absolute atomic E-state index is 11.5. The molecule has 82 valence electrons. The summed E-state index contributed by atoms with van der Waals surface area (Å²) in [6.45, 7) is 3.28. The monoisotopic (exact) mass is 216 g/mol. The van der Waals surface area contributed by atoms with E-state index in [2.05, 4.69) is 0 Å². The number of hydrogen-bond donors (Lipinski definition) is 0. The molecule has 0 N–H and O–H groups in total. The van der Waals surface area contributed by atoms with Crippen LogP contribution >= 0.6 is 11.8 Å². The molecule has 1 fully saturated rings. The van der Waals surface area contributed by atoms with E-state index in [1.807, 2.05) is 18.7 Å². The summed E-state index contributed by atoms with van der Waals surface area (Å²) in [6, 6.07) is 0. The number of thioether (sulfide) groups is 1. The number of Topliss-reactive ketones (excluding diaryl/α,β-unsaturated/α-hetero) is 1. The number of hydrogen-bond acceptors (Lipinski definition) is 3. The van der Waals surface area contributed by atoms with Crippen molar-refractivity contribution in [2.45, 2.75) is 32.6 Å². The van der Waals surface area contributed by atoms with Crippen molar-refractivity contribution in [3.63, 3.8) is 0 Å². The molecule has 1 rings (SSSR count). The molecular weight excluding hydrogens is 196 g/mol. The van der Waals surface area contributed by atoms with Gasteiger partial charge in [-0.15, -0.1) is 0 Å². The lowest BCUT2D eigenvalue weighted by molar-refractivity contribution is -0.121. The van der Waals surface area contributed by atoms with Crippen molar-refractivity contribution in [2.24, 2.45) is 5.92 Å². The number of carbonyl (C=O) groups excluding carboxylic acids is 1. The SMILES string of the molecule is CCOCCC(=O)CC1CCSCC1. The minimum atomic E-state index is 0.385. The van der Waals surface area contributed by atoms with Gasteiger partial charge in [0.15, 0.2) is 0 Å². The molecule has 1 aliphatic rings. The molecule has 0 spiro atoms. The summed E-state index contributed by atoms with van der Waals surface area (Å²) < 4.78 is 5.17. The topological polar surface area (TPSA) is 26.3 Å². The molecule has 1 saturated heterocycles. The van der Waals surface area contributed by atoms with Crippen LogP contribution in [0.1, 0.15) is 32.6 Å². The van der Waals surface area contributed by atoms with Gasteiger partial charge in [-0.2, -0.15) is 11.8 Å². The minimum absolute atomic E-state index is 0.385. The molecule has 0 aromatic carbocycles. The van der Waals surface area contributed by atoms with Gasteiger partial charge in [0, 0.05) is 19.4 Å². The van der Waals surface area contributed by atoms with Crippen LogP contribution in [0.15, 0.2) is 0 Å². The third-order valence-electron chi connectivity index (χ3n) is 2.59. The number of ether oxygens (including phenoxy) is 1. The Morgan fingerprint density at radius 2 is 2.14 bits per heavy atom. The van der Waals surface area contributed by atoms with Crippen molar-refractivity contribution in [3.05, 3.63) is 0 Å². The van der Waals surface area contributed by atoms with Crippen molar-refractivity contribution in [1.29, 1.82) is 0 Å². The summed E-state index contributed by atoms with van der Waals surface area (Å²) in [5.41, 5.74) is 0. The molecular formula is C11H20O2S. The second kappa shape index (κ2) is 7.30. The third-order valence-corrected chi connectivity index (χ3v) is 3.64. The first-order valence-corrected chi connectivity index (χ1v) is 6.65. The van der Waals surface area contributed by atoms with Crippen molar-refractivity contribution >= 4 is 17.5 Å². The van der Waals surface area contributed by atoms with Crippen LogP contribution < -0.4 is 0 Å². The van der Waals surface area contributed by atoms with Crippen LogP contribution in [0.3, 0.4) is 0 Å². The van der Waals surface area contributed by atoms with Gasteiger partial charge < -0.3 is 4.74 Å². The van der Waals surface area contributed by atoms with E-state index in [4.69, 9.17) is 4.74 Å². The predicted molar refractivity (Wildman–Crippen MR) is 60.8 cm³/mol. The van der Waals surface area contributed by atoms with Crippen LogP contribution in [0.2, 0.25) is 0 Å². The highest BCUT2D eigenvalue weighted by atomic mass is 32.2. The van der Waals surface area contributed by atoms with Crippen molar-refractivity contribution in [2.75, 3.05) is 24.7 Å². The summed E-state index contributed by atoms with van der Waals surface area (Å²) in [5, 5.41) is 0. The largest absolute Gasteiger partial charge is 0.381 e. The van der Waals surface area contributed by atoms with Gasteiger partial charge in [-0.25, -0.2) is 0 Å². The summed E-state index contributed by atoms with van der Waals surface area (Å²) in [7, 11) is 0. The van der Waals surface area contributed by atoms with Crippen LogP contribution in [-0.4, -0.2) is 30.5 Å². The standard InChI is InChI=1S/C11H20O2S/c1-2-13-6-3-11(12)9-10-4-7-14-8-5-10/h10H,2-9H2,1H3. The average molecular weight is 216 g/mol. The highest BCUT2D eigenvalue weighted by Gasteiger charge is 2.16. The summed E-state index contributed by atoms with van der Waals surface area (Å²) >= 11 is 2.01. The Balaban J connectivity index is 2.06. The maximum Gasteiger partial charge on any atom is 0.135 e. The fourth-order valence-corrected chi connectivity index (χ4v) is 2.91. The fraction of sp³-hybridized carbons (Fsp3) is 0.909. The number of rotatable bonds is 6. The van der Waals surface area contributed by atoms with E-state index in [0.717, 1.165) is 6.42 Å². The zero-order valence-corrected chi connectivity index (χ0v) is 9.78. The Kier molecular flexibility index (Phi) is 6.28. The second-order valence-electron chi connectivity index (χ2n) is 3.75. The number of carbonyl (C=O) groups is 1. The molecule has 1 heterocycles. The van der Waals surface area contributed by atoms with Crippen molar-refractivity contribution in [3.8, 4) is 0 Å². The molecule has 0 unspecified atom stereocenters. The second-order valence-corrected chi connectivity index (χ2v) is 4.97. The normalized spacial score (nSPS) is 18.4. The molecule has 14 heavy (non-hydrogen) atoms. The van der Waals surface area contributed by atoms with E-state index in [0.29, 0.717) is 31.3 Å². The molecule has 0 aliphatic carbocycles. The summed E-state index contributed by atoms with van der Waals surface area (Å²) in [4.78, 5) is 11.5. The first-order chi connectivity index (χ1) is 6.83. The molecule has 0 aromatic heterocycles. The van der Waals surface area contributed by atoms with E-state index in [-0.39, 0.29) is 0 Å². The Morgan fingerprint density at radius 1 is 1.43 bits per heavy atom. The van der Waals surface area contributed by atoms with Crippen molar-refractivity contribution in [1.82, 2.24) is 0 Å². The van der Waals surface area contributed by atoms with Crippen LogP contribution in [-0.2, 0) is 9.53 Å². The van der Waals surface area contributed by atoms with Crippen LogP contribution in [0, 0.1) is 5.92 Å². The zero-order valence-electron chi connectivity index (χ0n) is 8.96. The lowest BCUT2D eigenvalue weighted by Crippen LogP contribution is -2.15. The summed E-state index contributed by atoms with van der Waals surface area (Å²) in [6.07, 6.45) is 3.85. The van der Waals surface area contributed by atoms with Crippen LogP contribution in [0.4, 0.5) is 0 Å². The Morgan fingerprint density at radius 3 is 2.79 bits per heavy atom. The number of ketones is 1. The van der Waals surface area contributed by atoms with Gasteiger partial charge in [-0.1, -0.05) is 0 Å². The van der Waals surface area contributed by atoms with E-state index in [1.54, 1.807) is 0 Å². The lowest BCUT2D eigenvalue weighted by Gasteiger charge is -2.20. The highest BCUT2D eigenvalue weighted by Crippen LogP contribution is 2.25. The first-order valence-electron chi connectivity index (χ1n) is 5.50. The van der Waals surface area contributed by atoms with Crippen molar-refractivity contribution < 1.29 is 9.53 Å². The fourth-order valence-electron chi connectivity index (χ4n) is 1.70. The van der Waals surface area contributed by atoms with E-state index in [1.165, 1.54) is 24.3 Å². The maximum atomic E-state index is 11.5. The van der Waals surface area contributed by atoms with Crippen LogP contribution in [0.5, 0.6) is 0 Å². The van der Waals surface area contributed by atoms with Gasteiger partial charge in [0.2, 0.25) is 0 Å². The average Bonchev–Trinajstić information content (AvgIpc) is 2.20. The van der Waals surface area contributed by atoms with E-state index >= 15 is 0 Å². The Bertz CT molecular complexity index is 165. The lowest BCUT2D eigenvalue weighted by atomic mass is 9.95. The van der Waals surface area contributed by atoms with Gasteiger partial charge >= 0.3 is 0 Å². The minimum Gasteiger partial charge on any atom is -0.381 e. The smallest absolute Gasteiger partial charge is 0.135 e. The van der Waals surface area contributed by atoms with E-state index in [9.17, 15) is 4.79 Å². The molecule has 2 nitrogen and oxygen atoms in total. The molecule has 0 amide bonds. The third kappa shape index (κ3) is 5.01. The van der Waals surface area contributed by atoms with Gasteiger partial charge in [0.05, 0.1) is 6.61 Å². The first kappa shape index (κ1) is 12.1.